The Hall–Kier alpha value is -3.64. The summed E-state index contributed by atoms with van der Waals surface area (Å²) in [6, 6.07) is 13.6. The van der Waals surface area contributed by atoms with E-state index in [0.717, 1.165) is 12.1 Å². The standard InChI is InChI=1S/C28H19ClF3N3O5.Na/c29-21-11-20-19(27(37)38)9-10-39-23(20)12-24(21)40-18-7-3-16(4-8-18)26(36)35-25-14-33-22(13-34-25)15-1-5-17(6-2-15)28(30,31)32;/h1-8,11-14,19H,9-10H2,(H,37,38)(H,34,35,36);/q;+1/p-1. The van der Waals surface area contributed by atoms with Gasteiger partial charge in [0, 0.05) is 34.6 Å². The zero-order valence-corrected chi connectivity index (χ0v) is 24.1. The van der Waals surface area contributed by atoms with Gasteiger partial charge in [0.05, 0.1) is 35.3 Å². The van der Waals surface area contributed by atoms with Gasteiger partial charge in [0.25, 0.3) is 5.91 Å². The number of carboxylic acids is 1. The van der Waals surface area contributed by atoms with E-state index in [2.05, 4.69) is 15.3 Å². The van der Waals surface area contributed by atoms with Crippen molar-refractivity contribution in [2.75, 3.05) is 11.9 Å². The maximum Gasteiger partial charge on any atom is 1.00 e. The van der Waals surface area contributed by atoms with Crippen LogP contribution in [0.5, 0.6) is 17.2 Å². The van der Waals surface area contributed by atoms with Crippen molar-refractivity contribution >= 4 is 29.3 Å². The number of anilines is 1. The predicted octanol–water partition coefficient (Wildman–Crippen LogP) is 2.48. The number of hydrogen-bond donors (Lipinski definition) is 1. The molecule has 0 fully saturated rings. The van der Waals surface area contributed by atoms with Gasteiger partial charge in [-0.1, -0.05) is 23.7 Å². The van der Waals surface area contributed by atoms with Crippen molar-refractivity contribution in [2.24, 2.45) is 0 Å². The van der Waals surface area contributed by atoms with E-state index in [9.17, 15) is 27.9 Å². The zero-order valence-electron chi connectivity index (χ0n) is 21.4. The Bertz CT molecular complexity index is 1570. The number of nitrogens with one attached hydrogen (secondary N) is 1. The molecule has 13 heteroatoms. The fourth-order valence-corrected chi connectivity index (χ4v) is 4.28. The number of hydrogen-bond acceptors (Lipinski definition) is 7. The van der Waals surface area contributed by atoms with Crippen molar-refractivity contribution in [3.8, 4) is 28.5 Å². The molecule has 1 aliphatic rings. The number of carboxylic acid groups (broad SMARTS) is 1. The van der Waals surface area contributed by atoms with Gasteiger partial charge in [-0.05, 0) is 48.9 Å². The fourth-order valence-electron chi connectivity index (χ4n) is 4.07. The van der Waals surface area contributed by atoms with E-state index in [1.54, 1.807) is 12.1 Å². The topological polar surface area (TPSA) is 113 Å². The van der Waals surface area contributed by atoms with Crippen molar-refractivity contribution in [2.45, 2.75) is 18.5 Å². The summed E-state index contributed by atoms with van der Waals surface area (Å²) in [6.45, 7) is 0.221. The molecule has 1 aliphatic heterocycles. The summed E-state index contributed by atoms with van der Waals surface area (Å²) >= 11 is 6.31. The van der Waals surface area contributed by atoms with Crippen LogP contribution in [0.4, 0.5) is 19.0 Å². The molecule has 8 nitrogen and oxygen atoms in total. The number of aromatic nitrogens is 2. The van der Waals surface area contributed by atoms with Crippen molar-refractivity contribution in [3.05, 3.63) is 94.8 Å². The first kappa shape index (κ1) is 30.3. The molecule has 1 aromatic heterocycles. The number of fused-ring (bicyclic) bond motifs is 1. The maximum atomic E-state index is 12.8. The molecule has 0 radical (unpaired) electrons. The average Bonchev–Trinajstić information content (AvgIpc) is 2.93. The van der Waals surface area contributed by atoms with Crippen molar-refractivity contribution < 1.29 is 66.9 Å². The van der Waals surface area contributed by atoms with Gasteiger partial charge >= 0.3 is 35.7 Å². The Balaban J connectivity index is 0.00000387. The maximum absolute atomic E-state index is 12.8. The van der Waals surface area contributed by atoms with E-state index in [1.165, 1.54) is 48.8 Å². The number of ether oxygens (including phenoxy) is 2. The summed E-state index contributed by atoms with van der Waals surface area (Å²) in [6.07, 6.45) is -1.51. The first-order chi connectivity index (χ1) is 19.1. The number of nitrogens with zero attached hydrogens (tertiary/aromatic N) is 2. The third-order valence-corrected chi connectivity index (χ3v) is 6.43. The third kappa shape index (κ3) is 6.99. The molecule has 0 bridgehead atoms. The molecule has 0 aliphatic carbocycles. The number of benzene rings is 3. The molecule has 2 heterocycles. The summed E-state index contributed by atoms with van der Waals surface area (Å²) in [5.74, 6) is -1.39. The number of rotatable bonds is 6. The molecule has 1 atom stereocenters. The minimum absolute atomic E-state index is 0. The van der Waals surface area contributed by atoms with Gasteiger partial charge in [0.15, 0.2) is 5.82 Å². The predicted molar refractivity (Wildman–Crippen MR) is 136 cm³/mol. The first-order valence-electron chi connectivity index (χ1n) is 11.8. The van der Waals surface area contributed by atoms with Crippen LogP contribution in [0.2, 0.25) is 5.02 Å². The number of carbonyl (C=O) groups excluding carboxylic acids is 2. The Morgan fingerprint density at radius 3 is 2.34 bits per heavy atom. The first-order valence-corrected chi connectivity index (χ1v) is 12.2. The van der Waals surface area contributed by atoms with Crippen LogP contribution in [0.15, 0.2) is 73.1 Å². The van der Waals surface area contributed by atoms with Gasteiger partial charge in [-0.15, -0.1) is 0 Å². The normalized spacial score (nSPS) is 14.2. The molecule has 1 unspecified atom stereocenters. The van der Waals surface area contributed by atoms with Crippen LogP contribution < -0.4 is 49.5 Å². The monoisotopic (exact) mass is 591 g/mol. The number of amides is 1. The Kier molecular flexibility index (Phi) is 9.23. The molecule has 5 rings (SSSR count). The van der Waals surface area contributed by atoms with Gasteiger partial charge in [-0.25, -0.2) is 4.98 Å². The van der Waals surface area contributed by atoms with Crippen LogP contribution in [0.3, 0.4) is 0 Å². The largest absolute Gasteiger partial charge is 1.00 e. The molecule has 0 saturated carbocycles. The van der Waals surface area contributed by atoms with Gasteiger partial charge in [0.1, 0.15) is 17.2 Å². The third-order valence-electron chi connectivity index (χ3n) is 6.13. The van der Waals surface area contributed by atoms with Crippen LogP contribution in [-0.2, 0) is 11.0 Å². The van der Waals surface area contributed by atoms with Gasteiger partial charge in [-0.3, -0.25) is 9.78 Å². The number of halogens is 4. The minimum Gasteiger partial charge on any atom is -0.549 e. The second kappa shape index (κ2) is 12.5. The molecule has 4 aromatic rings. The van der Waals surface area contributed by atoms with Crippen LogP contribution >= 0.6 is 11.6 Å². The summed E-state index contributed by atoms with van der Waals surface area (Å²) < 4.78 is 49.6. The fraction of sp³-hybridized carbons (Fsp3) is 0.143. The van der Waals surface area contributed by atoms with Crippen molar-refractivity contribution in [3.63, 3.8) is 0 Å². The van der Waals surface area contributed by atoms with Crippen LogP contribution in [-0.4, -0.2) is 28.5 Å². The summed E-state index contributed by atoms with van der Waals surface area (Å²) in [7, 11) is 0. The quantitative estimate of drug-likeness (QED) is 0.343. The van der Waals surface area contributed by atoms with Gasteiger partial charge < -0.3 is 24.7 Å². The SMILES string of the molecule is O=C(Nc1cnc(-c2ccc(C(F)(F)F)cc2)cn1)c1ccc(Oc2cc3c(cc2Cl)C(C(=O)[O-])CCO3)cc1.[Na+]. The van der Waals surface area contributed by atoms with E-state index in [0.29, 0.717) is 28.3 Å². The molecule has 0 spiro atoms. The number of aliphatic carboxylic acids is 1. The van der Waals surface area contributed by atoms with Crippen molar-refractivity contribution in [1.29, 1.82) is 0 Å². The average molecular weight is 592 g/mol. The Labute approximate surface area is 258 Å². The van der Waals surface area contributed by atoms with Crippen LogP contribution in [0.25, 0.3) is 11.3 Å². The molecule has 1 amide bonds. The molecule has 204 valence electrons. The zero-order chi connectivity index (χ0) is 28.4. The van der Waals surface area contributed by atoms with E-state index < -0.39 is 29.5 Å². The van der Waals surface area contributed by atoms with E-state index in [4.69, 9.17) is 21.1 Å². The smallest absolute Gasteiger partial charge is 0.549 e. The molecule has 1 N–H and O–H groups in total. The molecule has 41 heavy (non-hydrogen) atoms. The summed E-state index contributed by atoms with van der Waals surface area (Å²) in [5.41, 5.74) is 0.729. The van der Waals surface area contributed by atoms with Gasteiger partial charge in [-0.2, -0.15) is 13.2 Å². The molecular formula is C28H18ClF3N3NaO5. The molecular weight excluding hydrogens is 574 g/mol. The number of carbonyl (C=O) groups is 2. The second-order valence-electron chi connectivity index (χ2n) is 8.77. The van der Waals surface area contributed by atoms with Crippen molar-refractivity contribution in [1.82, 2.24) is 9.97 Å². The van der Waals surface area contributed by atoms with Gasteiger partial charge in [0.2, 0.25) is 0 Å². The Morgan fingerprint density at radius 1 is 1.02 bits per heavy atom. The minimum atomic E-state index is -4.43. The Morgan fingerprint density at radius 2 is 1.73 bits per heavy atom. The summed E-state index contributed by atoms with van der Waals surface area (Å²) in [5, 5.41) is 14.2. The van der Waals surface area contributed by atoms with E-state index >= 15 is 0 Å². The van der Waals surface area contributed by atoms with Crippen LogP contribution in [0.1, 0.15) is 33.8 Å². The molecule has 3 aromatic carbocycles. The molecule has 0 saturated heterocycles. The number of alkyl halides is 3. The summed E-state index contributed by atoms with van der Waals surface area (Å²) in [4.78, 5) is 32.3. The van der Waals surface area contributed by atoms with E-state index in [-0.39, 0.29) is 64.7 Å². The van der Waals surface area contributed by atoms with Crippen LogP contribution in [0, 0.1) is 0 Å². The van der Waals surface area contributed by atoms with E-state index in [1.807, 2.05) is 0 Å². The second-order valence-corrected chi connectivity index (χ2v) is 9.18.